The van der Waals surface area contributed by atoms with Crippen LogP contribution in [0.5, 0.6) is 0 Å². The monoisotopic (exact) mass is 242 g/mol. The van der Waals surface area contributed by atoms with Crippen molar-refractivity contribution in [3.63, 3.8) is 0 Å². The number of carbonyl (C=O) groups excluding carboxylic acids is 1. The van der Waals surface area contributed by atoms with Gasteiger partial charge in [0.1, 0.15) is 0 Å². The van der Waals surface area contributed by atoms with Gasteiger partial charge in [0.05, 0.1) is 12.1 Å². The van der Waals surface area contributed by atoms with Crippen LogP contribution in [-0.4, -0.2) is 36.2 Å². The summed E-state index contributed by atoms with van der Waals surface area (Å²) in [6, 6.07) is 0. The molecule has 0 aromatic heterocycles. The van der Waals surface area contributed by atoms with Gasteiger partial charge in [-0.05, 0) is 44.7 Å². The smallest absolute Gasteiger partial charge is 0.220 e. The van der Waals surface area contributed by atoms with E-state index in [-0.39, 0.29) is 12.5 Å². The number of aliphatic hydroxyl groups excluding tert-OH is 1. The number of nitrogens with one attached hydrogen (secondary N) is 2. The van der Waals surface area contributed by atoms with Crippen LogP contribution in [0.15, 0.2) is 0 Å². The molecule has 0 aromatic carbocycles. The summed E-state index contributed by atoms with van der Waals surface area (Å²) in [5, 5.41) is 15.7. The number of carbonyl (C=O) groups is 1. The fourth-order valence-electron chi connectivity index (χ4n) is 2.40. The van der Waals surface area contributed by atoms with Gasteiger partial charge in [-0.25, -0.2) is 0 Å². The molecule has 0 bridgehead atoms. The SMILES string of the molecule is CCC(CC)(CO)NC(=O)CC1CCCNC1. The van der Waals surface area contributed by atoms with E-state index < -0.39 is 5.54 Å². The van der Waals surface area contributed by atoms with Crippen molar-refractivity contribution < 1.29 is 9.90 Å². The third-order valence-electron chi connectivity index (χ3n) is 3.93. The highest BCUT2D eigenvalue weighted by atomic mass is 16.3. The average molecular weight is 242 g/mol. The van der Waals surface area contributed by atoms with Gasteiger partial charge in [-0.2, -0.15) is 0 Å². The molecule has 1 atom stereocenters. The van der Waals surface area contributed by atoms with Crippen molar-refractivity contribution in [2.24, 2.45) is 5.92 Å². The number of rotatable bonds is 6. The van der Waals surface area contributed by atoms with Gasteiger partial charge in [-0.1, -0.05) is 13.8 Å². The maximum absolute atomic E-state index is 12.0. The molecule has 0 aliphatic carbocycles. The van der Waals surface area contributed by atoms with Gasteiger partial charge in [0.25, 0.3) is 0 Å². The van der Waals surface area contributed by atoms with E-state index >= 15 is 0 Å². The van der Waals surface area contributed by atoms with Gasteiger partial charge in [-0.15, -0.1) is 0 Å². The van der Waals surface area contributed by atoms with Crippen molar-refractivity contribution in [2.75, 3.05) is 19.7 Å². The molecule has 1 fully saturated rings. The molecule has 1 aliphatic heterocycles. The van der Waals surface area contributed by atoms with Crippen LogP contribution in [0, 0.1) is 5.92 Å². The Labute approximate surface area is 104 Å². The summed E-state index contributed by atoms with van der Waals surface area (Å²) < 4.78 is 0. The molecule has 3 N–H and O–H groups in total. The molecule has 0 spiro atoms. The second kappa shape index (κ2) is 6.97. The average Bonchev–Trinajstić information content (AvgIpc) is 2.37. The van der Waals surface area contributed by atoms with Crippen molar-refractivity contribution in [1.82, 2.24) is 10.6 Å². The van der Waals surface area contributed by atoms with Crippen LogP contribution < -0.4 is 10.6 Å². The summed E-state index contributed by atoms with van der Waals surface area (Å²) in [7, 11) is 0. The van der Waals surface area contributed by atoms with Gasteiger partial charge in [0.2, 0.25) is 5.91 Å². The van der Waals surface area contributed by atoms with Gasteiger partial charge < -0.3 is 15.7 Å². The molecule has 4 heteroatoms. The van der Waals surface area contributed by atoms with Crippen LogP contribution in [0.4, 0.5) is 0 Å². The number of aliphatic hydroxyl groups is 1. The first kappa shape index (κ1) is 14.5. The molecule has 100 valence electrons. The zero-order chi connectivity index (χ0) is 12.7. The predicted molar refractivity (Wildman–Crippen MR) is 68.8 cm³/mol. The van der Waals surface area contributed by atoms with E-state index in [9.17, 15) is 9.90 Å². The third kappa shape index (κ3) is 4.28. The first-order chi connectivity index (χ1) is 8.15. The lowest BCUT2D eigenvalue weighted by atomic mass is 9.91. The van der Waals surface area contributed by atoms with Crippen molar-refractivity contribution in [1.29, 1.82) is 0 Å². The summed E-state index contributed by atoms with van der Waals surface area (Å²) in [5.74, 6) is 0.533. The van der Waals surface area contributed by atoms with Gasteiger partial charge in [0.15, 0.2) is 0 Å². The molecule has 1 rings (SSSR count). The van der Waals surface area contributed by atoms with E-state index in [1.54, 1.807) is 0 Å². The van der Waals surface area contributed by atoms with E-state index in [0.717, 1.165) is 38.8 Å². The highest BCUT2D eigenvalue weighted by Gasteiger charge is 2.28. The van der Waals surface area contributed by atoms with Crippen LogP contribution in [0.3, 0.4) is 0 Å². The molecule has 4 nitrogen and oxygen atoms in total. The Morgan fingerprint density at radius 2 is 2.18 bits per heavy atom. The fourth-order valence-corrected chi connectivity index (χ4v) is 2.40. The maximum atomic E-state index is 12.0. The standard InChI is InChI=1S/C13H26N2O2/c1-3-13(4-2,10-16)15-12(17)8-11-6-5-7-14-9-11/h11,14,16H,3-10H2,1-2H3,(H,15,17). The lowest BCUT2D eigenvalue weighted by Gasteiger charge is -2.32. The van der Waals surface area contributed by atoms with Crippen molar-refractivity contribution in [3.8, 4) is 0 Å². The number of piperidine rings is 1. The second-order valence-electron chi connectivity index (χ2n) is 5.11. The summed E-state index contributed by atoms with van der Waals surface area (Å²) in [4.78, 5) is 12.0. The van der Waals surface area contributed by atoms with E-state index in [0.29, 0.717) is 12.3 Å². The highest BCUT2D eigenvalue weighted by molar-refractivity contribution is 5.77. The topological polar surface area (TPSA) is 61.4 Å². The Hall–Kier alpha value is -0.610. The zero-order valence-corrected chi connectivity index (χ0v) is 11.1. The minimum absolute atomic E-state index is 0.0225. The largest absolute Gasteiger partial charge is 0.394 e. The fraction of sp³-hybridized carbons (Fsp3) is 0.923. The van der Waals surface area contributed by atoms with Gasteiger partial charge in [-0.3, -0.25) is 4.79 Å². The molecule has 1 amide bonds. The lowest BCUT2D eigenvalue weighted by Crippen LogP contribution is -2.51. The number of hydrogen-bond acceptors (Lipinski definition) is 3. The summed E-state index contributed by atoms with van der Waals surface area (Å²) in [6.45, 7) is 6.04. The van der Waals surface area contributed by atoms with E-state index in [1.807, 2.05) is 13.8 Å². The Morgan fingerprint density at radius 1 is 1.47 bits per heavy atom. The van der Waals surface area contributed by atoms with Crippen LogP contribution in [-0.2, 0) is 4.79 Å². The van der Waals surface area contributed by atoms with E-state index in [4.69, 9.17) is 0 Å². The van der Waals surface area contributed by atoms with E-state index in [2.05, 4.69) is 10.6 Å². The summed E-state index contributed by atoms with van der Waals surface area (Å²) >= 11 is 0. The Kier molecular flexibility index (Phi) is 5.92. The first-order valence-electron chi connectivity index (χ1n) is 6.78. The molecular formula is C13H26N2O2. The molecule has 0 radical (unpaired) electrons. The molecule has 17 heavy (non-hydrogen) atoms. The van der Waals surface area contributed by atoms with Crippen LogP contribution in [0.2, 0.25) is 0 Å². The molecule has 0 saturated carbocycles. The molecule has 0 aromatic rings. The van der Waals surface area contributed by atoms with Crippen molar-refractivity contribution in [3.05, 3.63) is 0 Å². The molecule has 1 saturated heterocycles. The van der Waals surface area contributed by atoms with Gasteiger partial charge >= 0.3 is 0 Å². The number of amides is 1. The van der Waals surface area contributed by atoms with Crippen molar-refractivity contribution >= 4 is 5.91 Å². The predicted octanol–water partition coefficient (Wildman–Crippen LogP) is 1.04. The summed E-state index contributed by atoms with van der Waals surface area (Å²) in [5.41, 5.74) is -0.417. The van der Waals surface area contributed by atoms with Crippen LogP contribution in [0.25, 0.3) is 0 Å². The highest BCUT2D eigenvalue weighted by Crippen LogP contribution is 2.17. The Morgan fingerprint density at radius 3 is 2.65 bits per heavy atom. The van der Waals surface area contributed by atoms with Gasteiger partial charge in [0, 0.05) is 6.42 Å². The maximum Gasteiger partial charge on any atom is 0.220 e. The third-order valence-corrected chi connectivity index (χ3v) is 3.93. The molecular weight excluding hydrogens is 216 g/mol. The molecule has 1 unspecified atom stereocenters. The minimum Gasteiger partial charge on any atom is -0.394 e. The van der Waals surface area contributed by atoms with E-state index in [1.165, 1.54) is 0 Å². The normalized spacial score (nSPS) is 21.2. The minimum atomic E-state index is -0.417. The Bertz CT molecular complexity index is 225. The summed E-state index contributed by atoms with van der Waals surface area (Å²) in [6.07, 6.45) is 4.41. The zero-order valence-electron chi connectivity index (χ0n) is 11.1. The quantitative estimate of drug-likeness (QED) is 0.652. The van der Waals surface area contributed by atoms with Crippen LogP contribution in [0.1, 0.15) is 46.0 Å². The van der Waals surface area contributed by atoms with Crippen LogP contribution >= 0.6 is 0 Å². The second-order valence-corrected chi connectivity index (χ2v) is 5.11. The molecule has 1 heterocycles. The number of hydrogen-bond donors (Lipinski definition) is 3. The molecule has 1 aliphatic rings. The Balaban J connectivity index is 2.41. The van der Waals surface area contributed by atoms with Crippen molar-refractivity contribution in [2.45, 2.75) is 51.5 Å². The first-order valence-corrected chi connectivity index (χ1v) is 6.78. The lowest BCUT2D eigenvalue weighted by molar-refractivity contribution is -0.124.